The molecule has 104 valence electrons. The zero-order chi connectivity index (χ0) is 14.7. The lowest BCUT2D eigenvalue weighted by molar-refractivity contribution is -0.138. The lowest BCUT2D eigenvalue weighted by Gasteiger charge is -2.16. The van der Waals surface area contributed by atoms with Crippen molar-refractivity contribution in [3.8, 4) is 0 Å². The largest absolute Gasteiger partial charge is 0.479 e. The lowest BCUT2D eigenvalue weighted by atomic mass is 10.1. The second kappa shape index (κ2) is 5.64. The Balaban J connectivity index is 2.37. The number of aliphatic carboxylic acids is 1. The Kier molecular flexibility index (Phi) is 3.93. The number of anilines is 1. The third-order valence-electron chi connectivity index (χ3n) is 2.64. The van der Waals surface area contributed by atoms with E-state index in [2.05, 4.69) is 5.32 Å². The number of carboxylic acids is 1. The van der Waals surface area contributed by atoms with E-state index in [1.54, 1.807) is 0 Å². The quantitative estimate of drug-likeness (QED) is 0.903. The molecule has 0 fully saturated rings. The van der Waals surface area contributed by atoms with Crippen molar-refractivity contribution in [1.82, 2.24) is 0 Å². The molecule has 6 heteroatoms. The van der Waals surface area contributed by atoms with Gasteiger partial charge in [-0.3, -0.25) is 0 Å². The third-order valence-corrected chi connectivity index (χ3v) is 2.64. The maximum Gasteiger partial charge on any atom is 0.330 e. The van der Waals surface area contributed by atoms with E-state index in [0.29, 0.717) is 6.07 Å². The number of nitrogens with one attached hydrogen (secondary N) is 1. The molecule has 0 saturated carbocycles. The second-order valence-corrected chi connectivity index (χ2v) is 4.10. The van der Waals surface area contributed by atoms with Gasteiger partial charge in [-0.2, -0.15) is 0 Å². The number of hydrogen-bond acceptors (Lipinski definition) is 2. The summed E-state index contributed by atoms with van der Waals surface area (Å²) in [6.45, 7) is 0. The molecule has 3 nitrogen and oxygen atoms in total. The van der Waals surface area contributed by atoms with Gasteiger partial charge in [0.1, 0.15) is 17.5 Å². The Hall–Kier alpha value is -2.50. The minimum Gasteiger partial charge on any atom is -0.479 e. The van der Waals surface area contributed by atoms with Crippen LogP contribution in [0.3, 0.4) is 0 Å². The van der Waals surface area contributed by atoms with Gasteiger partial charge < -0.3 is 10.4 Å². The van der Waals surface area contributed by atoms with Gasteiger partial charge in [0.05, 0.1) is 5.69 Å². The van der Waals surface area contributed by atoms with E-state index in [9.17, 15) is 18.0 Å². The van der Waals surface area contributed by atoms with Crippen molar-refractivity contribution in [2.45, 2.75) is 6.04 Å². The highest BCUT2D eigenvalue weighted by molar-refractivity contribution is 5.79. The van der Waals surface area contributed by atoms with E-state index in [1.165, 1.54) is 18.2 Å². The minimum absolute atomic E-state index is 0.0652. The van der Waals surface area contributed by atoms with Crippen molar-refractivity contribution in [3.63, 3.8) is 0 Å². The van der Waals surface area contributed by atoms with E-state index in [-0.39, 0.29) is 11.3 Å². The first-order valence-electron chi connectivity index (χ1n) is 5.67. The summed E-state index contributed by atoms with van der Waals surface area (Å²) in [5.41, 5.74) is -0.206. The summed E-state index contributed by atoms with van der Waals surface area (Å²) in [7, 11) is 0. The number of benzene rings is 2. The second-order valence-electron chi connectivity index (χ2n) is 4.10. The van der Waals surface area contributed by atoms with E-state index in [1.807, 2.05) is 0 Å². The molecule has 0 radical (unpaired) electrons. The molecule has 1 unspecified atom stereocenters. The van der Waals surface area contributed by atoms with Gasteiger partial charge in [-0.15, -0.1) is 0 Å². The first kappa shape index (κ1) is 13.9. The van der Waals surface area contributed by atoms with E-state index in [4.69, 9.17) is 5.11 Å². The number of halogens is 3. The Morgan fingerprint density at radius 1 is 1.05 bits per heavy atom. The molecule has 0 aliphatic rings. The van der Waals surface area contributed by atoms with Crippen LogP contribution in [-0.2, 0) is 4.79 Å². The van der Waals surface area contributed by atoms with Crippen LogP contribution in [0.1, 0.15) is 11.6 Å². The van der Waals surface area contributed by atoms with Crippen LogP contribution < -0.4 is 5.32 Å². The van der Waals surface area contributed by atoms with Crippen LogP contribution in [0, 0.1) is 17.5 Å². The Morgan fingerprint density at radius 3 is 2.20 bits per heavy atom. The molecular weight excluding hydrogens is 271 g/mol. The Morgan fingerprint density at radius 2 is 1.65 bits per heavy atom. The van der Waals surface area contributed by atoms with Gasteiger partial charge >= 0.3 is 5.97 Å². The van der Waals surface area contributed by atoms with Gasteiger partial charge in [-0.25, -0.2) is 18.0 Å². The maximum absolute atomic E-state index is 13.5. The van der Waals surface area contributed by atoms with Crippen molar-refractivity contribution in [2.24, 2.45) is 0 Å². The average molecular weight is 281 g/mol. The lowest BCUT2D eigenvalue weighted by Crippen LogP contribution is -2.21. The van der Waals surface area contributed by atoms with Crippen LogP contribution in [-0.4, -0.2) is 11.1 Å². The van der Waals surface area contributed by atoms with Crippen LogP contribution in [0.15, 0.2) is 42.5 Å². The van der Waals surface area contributed by atoms with Gasteiger partial charge in [0.2, 0.25) is 0 Å². The summed E-state index contributed by atoms with van der Waals surface area (Å²) in [6, 6.07) is 6.37. The molecular formula is C14H10F3NO2. The van der Waals surface area contributed by atoms with Crippen molar-refractivity contribution in [1.29, 1.82) is 0 Å². The number of hydrogen-bond donors (Lipinski definition) is 2. The van der Waals surface area contributed by atoms with Gasteiger partial charge in [-0.05, 0) is 29.8 Å². The summed E-state index contributed by atoms with van der Waals surface area (Å²) in [4.78, 5) is 11.2. The molecule has 0 aromatic heterocycles. The molecule has 0 saturated heterocycles. The van der Waals surface area contributed by atoms with Crippen molar-refractivity contribution in [2.75, 3.05) is 5.32 Å². The normalized spacial score (nSPS) is 11.9. The standard InChI is InChI=1S/C14H10F3NO2/c15-9-5-8(6-10(16)7-9)13(14(19)20)18-12-4-2-1-3-11(12)17/h1-7,13,18H,(H,19,20). The van der Waals surface area contributed by atoms with Gasteiger partial charge in [-0.1, -0.05) is 12.1 Å². The molecule has 2 rings (SSSR count). The first-order valence-corrected chi connectivity index (χ1v) is 5.67. The fourth-order valence-electron chi connectivity index (χ4n) is 1.76. The number of carbonyl (C=O) groups is 1. The van der Waals surface area contributed by atoms with E-state index in [0.717, 1.165) is 18.2 Å². The monoisotopic (exact) mass is 281 g/mol. The van der Waals surface area contributed by atoms with Crippen LogP contribution in [0.5, 0.6) is 0 Å². The van der Waals surface area contributed by atoms with Crippen molar-refractivity contribution >= 4 is 11.7 Å². The molecule has 0 spiro atoms. The molecule has 0 bridgehead atoms. The fourth-order valence-corrected chi connectivity index (χ4v) is 1.76. The van der Waals surface area contributed by atoms with E-state index < -0.39 is 29.5 Å². The number of carboxylic acid groups (broad SMARTS) is 1. The number of rotatable bonds is 4. The molecule has 0 aliphatic heterocycles. The predicted octanol–water partition coefficient (Wildman–Crippen LogP) is 3.34. The first-order chi connectivity index (χ1) is 9.47. The maximum atomic E-state index is 13.5. The molecule has 0 amide bonds. The van der Waals surface area contributed by atoms with E-state index >= 15 is 0 Å². The van der Waals surface area contributed by atoms with Gasteiger partial charge in [0.15, 0.2) is 6.04 Å². The summed E-state index contributed by atoms with van der Waals surface area (Å²) < 4.78 is 39.8. The smallest absolute Gasteiger partial charge is 0.330 e. The van der Waals surface area contributed by atoms with Crippen molar-refractivity contribution < 1.29 is 23.1 Å². The third kappa shape index (κ3) is 3.09. The molecule has 1 atom stereocenters. The number of para-hydroxylation sites is 1. The summed E-state index contributed by atoms with van der Waals surface area (Å²) in [6.07, 6.45) is 0. The van der Waals surface area contributed by atoms with Gasteiger partial charge in [0, 0.05) is 6.07 Å². The molecule has 0 aliphatic carbocycles. The topological polar surface area (TPSA) is 49.3 Å². The predicted molar refractivity (Wildman–Crippen MR) is 66.8 cm³/mol. The molecule has 2 N–H and O–H groups in total. The van der Waals surface area contributed by atoms with Crippen molar-refractivity contribution in [3.05, 3.63) is 65.5 Å². The fraction of sp³-hybridized carbons (Fsp3) is 0.0714. The highest BCUT2D eigenvalue weighted by Gasteiger charge is 2.22. The zero-order valence-corrected chi connectivity index (χ0v) is 10.1. The Bertz CT molecular complexity index is 626. The zero-order valence-electron chi connectivity index (χ0n) is 10.1. The van der Waals surface area contributed by atoms with Crippen LogP contribution in [0.25, 0.3) is 0 Å². The molecule has 2 aromatic carbocycles. The highest BCUT2D eigenvalue weighted by Crippen LogP contribution is 2.23. The van der Waals surface area contributed by atoms with Crippen LogP contribution in [0.4, 0.5) is 18.9 Å². The summed E-state index contributed by atoms with van der Waals surface area (Å²) >= 11 is 0. The highest BCUT2D eigenvalue weighted by atomic mass is 19.1. The molecule has 2 aromatic rings. The SMILES string of the molecule is O=C(O)C(Nc1ccccc1F)c1cc(F)cc(F)c1. The average Bonchev–Trinajstić information content (AvgIpc) is 2.36. The molecule has 0 heterocycles. The summed E-state index contributed by atoms with van der Waals surface area (Å²) in [5.74, 6) is -3.84. The van der Waals surface area contributed by atoms with Crippen LogP contribution >= 0.6 is 0 Å². The van der Waals surface area contributed by atoms with Crippen LogP contribution in [0.2, 0.25) is 0 Å². The summed E-state index contributed by atoms with van der Waals surface area (Å²) in [5, 5.41) is 11.5. The molecule has 20 heavy (non-hydrogen) atoms. The minimum atomic E-state index is -1.46. The Labute approximate surface area is 112 Å². The van der Waals surface area contributed by atoms with Gasteiger partial charge in [0.25, 0.3) is 0 Å².